The Bertz CT molecular complexity index is 462. The summed E-state index contributed by atoms with van der Waals surface area (Å²) < 4.78 is 0. The number of unbranched alkanes of at least 4 members (excludes halogenated alkanes) is 4. The average Bonchev–Trinajstić information content (AvgIpc) is 2.62. The highest BCUT2D eigenvalue weighted by Gasteiger charge is 2.23. The zero-order valence-electron chi connectivity index (χ0n) is 17.1. The minimum atomic E-state index is -0.872. The third-order valence-electron chi connectivity index (χ3n) is 5.25. The van der Waals surface area contributed by atoms with E-state index < -0.39 is 11.9 Å². The molecule has 0 unspecified atom stereocenters. The molecule has 0 spiro atoms. The molecule has 1 atom stereocenters. The van der Waals surface area contributed by atoms with Gasteiger partial charge in [-0.2, -0.15) is 0 Å². The van der Waals surface area contributed by atoms with Crippen LogP contribution < -0.4 is 16.4 Å². The molecule has 0 saturated carbocycles. The lowest BCUT2D eigenvalue weighted by atomic mass is 9.94. The lowest BCUT2D eigenvalue weighted by molar-refractivity contribution is -0.131. The fourth-order valence-corrected chi connectivity index (χ4v) is 3.44. The summed E-state index contributed by atoms with van der Waals surface area (Å²) >= 11 is 0. The number of nitrogens with one attached hydrogen (secondary N) is 2. The highest BCUT2D eigenvalue weighted by atomic mass is 16.2. The molecule has 0 aliphatic carbocycles. The van der Waals surface area contributed by atoms with Gasteiger partial charge >= 0.3 is 0 Å². The topological polar surface area (TPSA) is 105 Å². The third-order valence-corrected chi connectivity index (χ3v) is 5.25. The summed E-state index contributed by atoms with van der Waals surface area (Å²) in [4.78, 5) is 38.0. The van der Waals surface area contributed by atoms with Crippen molar-refractivity contribution in [3.8, 4) is 0 Å². The van der Waals surface area contributed by atoms with Gasteiger partial charge < -0.3 is 21.3 Å². The van der Waals surface area contributed by atoms with E-state index in [-0.39, 0.29) is 18.2 Å². The molecule has 1 aliphatic rings. The zero-order valence-corrected chi connectivity index (χ0v) is 17.1. The molecule has 4 N–H and O–H groups in total. The predicted molar refractivity (Wildman–Crippen MR) is 107 cm³/mol. The summed E-state index contributed by atoms with van der Waals surface area (Å²) in [6, 6.07) is -0.872. The molecule has 0 bridgehead atoms. The maximum Gasteiger partial charge on any atom is 0.243 e. The molecule has 0 aromatic carbocycles. The van der Waals surface area contributed by atoms with Gasteiger partial charge in [0.2, 0.25) is 17.7 Å². The maximum atomic E-state index is 12.4. The Morgan fingerprint density at radius 1 is 1.11 bits per heavy atom. The van der Waals surface area contributed by atoms with Crippen molar-refractivity contribution in [3.63, 3.8) is 0 Å². The molecular weight excluding hydrogens is 344 g/mol. The van der Waals surface area contributed by atoms with E-state index in [0.717, 1.165) is 58.0 Å². The number of amides is 3. The molecule has 7 nitrogen and oxygen atoms in total. The van der Waals surface area contributed by atoms with Gasteiger partial charge in [-0.05, 0) is 51.7 Å². The molecular formula is C20H38N4O3. The van der Waals surface area contributed by atoms with Gasteiger partial charge in [-0.15, -0.1) is 0 Å². The molecule has 1 fully saturated rings. The Morgan fingerprint density at radius 3 is 2.41 bits per heavy atom. The van der Waals surface area contributed by atoms with Gasteiger partial charge in [0.15, 0.2) is 0 Å². The molecule has 7 heteroatoms. The molecule has 0 aromatic rings. The second-order valence-corrected chi connectivity index (χ2v) is 7.78. The van der Waals surface area contributed by atoms with E-state index >= 15 is 0 Å². The first-order valence-corrected chi connectivity index (χ1v) is 10.5. The molecule has 1 saturated heterocycles. The normalized spacial score (nSPS) is 16.7. The first kappa shape index (κ1) is 23.4. The SMILES string of the molecule is CCCCCCCC(=O)N[C@H](CC(N)=O)C(=O)NCCC1CCN(C)CC1. The second kappa shape index (κ2) is 13.5. The van der Waals surface area contributed by atoms with Crippen molar-refractivity contribution in [3.05, 3.63) is 0 Å². The summed E-state index contributed by atoms with van der Waals surface area (Å²) in [6.07, 6.45) is 8.68. The standard InChI is InChI=1S/C20H38N4O3/c1-3-4-5-6-7-8-19(26)23-17(15-18(21)25)20(27)22-12-9-16-10-13-24(2)14-11-16/h16-17H,3-15H2,1-2H3,(H2,21,25)(H,22,27)(H,23,26)/t17-/m1/s1. The largest absolute Gasteiger partial charge is 0.370 e. The van der Waals surface area contributed by atoms with Gasteiger partial charge in [0.05, 0.1) is 6.42 Å². The summed E-state index contributed by atoms with van der Waals surface area (Å²) in [5.41, 5.74) is 5.25. The number of nitrogens with two attached hydrogens (primary N) is 1. The number of piperidine rings is 1. The monoisotopic (exact) mass is 382 g/mol. The first-order valence-electron chi connectivity index (χ1n) is 10.5. The van der Waals surface area contributed by atoms with E-state index in [1.54, 1.807) is 0 Å². The van der Waals surface area contributed by atoms with Crippen molar-refractivity contribution in [1.29, 1.82) is 0 Å². The van der Waals surface area contributed by atoms with Crippen LogP contribution in [0.15, 0.2) is 0 Å². The summed E-state index contributed by atoms with van der Waals surface area (Å²) in [7, 11) is 2.12. The average molecular weight is 383 g/mol. The van der Waals surface area contributed by atoms with Crippen LogP contribution in [0.2, 0.25) is 0 Å². The van der Waals surface area contributed by atoms with Gasteiger partial charge in [-0.25, -0.2) is 0 Å². The van der Waals surface area contributed by atoms with E-state index in [9.17, 15) is 14.4 Å². The van der Waals surface area contributed by atoms with Crippen molar-refractivity contribution in [1.82, 2.24) is 15.5 Å². The number of rotatable bonds is 13. The smallest absolute Gasteiger partial charge is 0.243 e. The molecule has 1 heterocycles. The maximum absolute atomic E-state index is 12.4. The van der Waals surface area contributed by atoms with E-state index in [2.05, 4.69) is 29.5 Å². The van der Waals surface area contributed by atoms with Gasteiger partial charge in [0.1, 0.15) is 6.04 Å². The minimum absolute atomic E-state index is 0.165. The first-order chi connectivity index (χ1) is 12.9. The zero-order chi connectivity index (χ0) is 20.1. The lowest BCUT2D eigenvalue weighted by Crippen LogP contribution is -2.49. The number of primary amides is 1. The quantitative estimate of drug-likeness (QED) is 0.420. The number of likely N-dealkylation sites (tertiary alicyclic amines) is 1. The van der Waals surface area contributed by atoms with Crippen molar-refractivity contribution >= 4 is 17.7 Å². The number of nitrogens with zero attached hydrogens (tertiary/aromatic N) is 1. The van der Waals surface area contributed by atoms with Crippen LogP contribution in [0.5, 0.6) is 0 Å². The van der Waals surface area contributed by atoms with Gasteiger partial charge in [-0.1, -0.05) is 32.6 Å². The van der Waals surface area contributed by atoms with E-state index in [0.29, 0.717) is 18.9 Å². The van der Waals surface area contributed by atoms with Crippen molar-refractivity contribution in [2.24, 2.45) is 11.7 Å². The number of carbonyl (C=O) groups excluding carboxylic acids is 3. The predicted octanol–water partition coefficient (Wildman–Crippen LogP) is 1.56. The highest BCUT2D eigenvalue weighted by Crippen LogP contribution is 2.18. The van der Waals surface area contributed by atoms with Crippen LogP contribution in [0, 0.1) is 5.92 Å². The Hall–Kier alpha value is -1.63. The van der Waals surface area contributed by atoms with Crippen LogP contribution in [0.4, 0.5) is 0 Å². The minimum Gasteiger partial charge on any atom is -0.370 e. The van der Waals surface area contributed by atoms with E-state index in [4.69, 9.17) is 5.73 Å². The second-order valence-electron chi connectivity index (χ2n) is 7.78. The highest BCUT2D eigenvalue weighted by molar-refractivity contribution is 5.91. The summed E-state index contributed by atoms with van der Waals surface area (Å²) in [5.74, 6) is -0.480. The van der Waals surface area contributed by atoms with Gasteiger partial charge in [0.25, 0.3) is 0 Å². The number of hydrogen-bond donors (Lipinski definition) is 3. The Kier molecular flexibility index (Phi) is 11.7. The van der Waals surface area contributed by atoms with E-state index in [1.165, 1.54) is 6.42 Å². The van der Waals surface area contributed by atoms with Gasteiger partial charge in [-0.3, -0.25) is 14.4 Å². The molecule has 1 rings (SSSR count). The molecule has 0 aromatic heterocycles. The summed E-state index contributed by atoms with van der Waals surface area (Å²) in [6.45, 7) is 4.90. The van der Waals surface area contributed by atoms with Crippen LogP contribution in [0.3, 0.4) is 0 Å². The lowest BCUT2D eigenvalue weighted by Gasteiger charge is -2.29. The van der Waals surface area contributed by atoms with Crippen LogP contribution in [0.25, 0.3) is 0 Å². The molecule has 27 heavy (non-hydrogen) atoms. The Balaban J connectivity index is 2.32. The van der Waals surface area contributed by atoms with Crippen molar-refractivity contribution in [2.75, 3.05) is 26.7 Å². The summed E-state index contributed by atoms with van der Waals surface area (Å²) in [5, 5.41) is 5.54. The van der Waals surface area contributed by atoms with Crippen molar-refractivity contribution < 1.29 is 14.4 Å². The van der Waals surface area contributed by atoms with Crippen molar-refractivity contribution in [2.45, 2.75) is 77.2 Å². The van der Waals surface area contributed by atoms with Crippen LogP contribution >= 0.6 is 0 Å². The van der Waals surface area contributed by atoms with E-state index in [1.807, 2.05) is 0 Å². The molecule has 0 radical (unpaired) electrons. The van der Waals surface area contributed by atoms with Crippen LogP contribution in [-0.2, 0) is 14.4 Å². The van der Waals surface area contributed by atoms with Crippen LogP contribution in [0.1, 0.15) is 71.1 Å². The van der Waals surface area contributed by atoms with Crippen LogP contribution in [-0.4, -0.2) is 55.3 Å². The fraction of sp³-hybridized carbons (Fsp3) is 0.850. The molecule has 1 aliphatic heterocycles. The fourth-order valence-electron chi connectivity index (χ4n) is 3.44. The Labute approximate surface area is 163 Å². The van der Waals surface area contributed by atoms with Gasteiger partial charge in [0, 0.05) is 13.0 Å². The third kappa shape index (κ3) is 11.0. The number of hydrogen-bond acceptors (Lipinski definition) is 4. The Morgan fingerprint density at radius 2 is 1.78 bits per heavy atom. The molecule has 156 valence electrons. The molecule has 3 amide bonds. The number of carbonyl (C=O) groups is 3.